The average molecular weight is 442 g/mol. The van der Waals surface area contributed by atoms with Gasteiger partial charge in [0, 0.05) is 22.8 Å². The topological polar surface area (TPSA) is 65.4 Å². The molecule has 0 aliphatic rings. The number of halogens is 1. The molecule has 0 spiro atoms. The van der Waals surface area contributed by atoms with Gasteiger partial charge in [-0.15, -0.1) is 0 Å². The molecule has 7 heteroatoms. The van der Waals surface area contributed by atoms with Gasteiger partial charge in [0.15, 0.2) is 0 Å². The minimum atomic E-state index is -0.261. The van der Waals surface area contributed by atoms with E-state index >= 15 is 0 Å². The Bertz CT molecular complexity index is 999. The molecular weight excluding hydrogens is 422 g/mol. The Morgan fingerprint density at radius 2 is 1.93 bits per heavy atom. The summed E-state index contributed by atoms with van der Waals surface area (Å²) in [5, 5.41) is 7.50. The van der Waals surface area contributed by atoms with Crippen molar-refractivity contribution in [2.45, 2.75) is 0 Å². The van der Waals surface area contributed by atoms with Gasteiger partial charge in [0.2, 0.25) is 0 Å². The number of nitrogens with zero attached hydrogens (tertiary/aromatic N) is 2. The maximum absolute atomic E-state index is 12.8. The van der Waals surface area contributed by atoms with Gasteiger partial charge in [-0.3, -0.25) is 4.79 Å². The molecule has 0 radical (unpaired) electrons. The average Bonchev–Trinajstić information content (AvgIpc) is 3.17. The minimum Gasteiger partial charge on any atom is -0.497 e. The summed E-state index contributed by atoms with van der Waals surface area (Å²) in [4.78, 5) is 12.8. The Morgan fingerprint density at radius 1 is 1.18 bits per heavy atom. The van der Waals surface area contributed by atoms with Crippen LogP contribution in [0.5, 0.6) is 11.5 Å². The SMILES string of the molecule is C=C(Br)CNC(=O)c1cn(-c2ccccc2)nc1-c1cc(OC)ccc1OC. The third kappa shape index (κ3) is 4.26. The first-order valence-corrected chi connectivity index (χ1v) is 9.31. The third-order valence-electron chi connectivity index (χ3n) is 4.08. The molecule has 3 aromatic rings. The van der Waals surface area contributed by atoms with E-state index in [0.717, 1.165) is 5.69 Å². The van der Waals surface area contributed by atoms with Crippen LogP contribution in [0.3, 0.4) is 0 Å². The van der Waals surface area contributed by atoms with Gasteiger partial charge in [-0.25, -0.2) is 4.68 Å². The summed E-state index contributed by atoms with van der Waals surface area (Å²) in [6.45, 7) is 4.06. The first-order valence-electron chi connectivity index (χ1n) is 8.52. The summed E-state index contributed by atoms with van der Waals surface area (Å²) in [5.41, 5.74) is 2.43. The molecule has 1 heterocycles. The lowest BCUT2D eigenvalue weighted by Gasteiger charge is -2.10. The molecule has 2 aromatic carbocycles. The Morgan fingerprint density at radius 3 is 2.57 bits per heavy atom. The van der Waals surface area contributed by atoms with Crippen LogP contribution in [-0.2, 0) is 0 Å². The number of methoxy groups -OCH3 is 2. The molecule has 0 aliphatic carbocycles. The van der Waals surface area contributed by atoms with Crippen molar-refractivity contribution in [2.24, 2.45) is 0 Å². The summed E-state index contributed by atoms with van der Waals surface area (Å²) in [6, 6.07) is 15.0. The first kappa shape index (κ1) is 19.7. The standard InChI is InChI=1S/C21H20BrN3O3/c1-14(22)12-23-21(26)18-13-25(15-7-5-4-6-8-15)24-20(18)17-11-16(27-2)9-10-19(17)28-3/h4-11,13H,1,12H2,2-3H3,(H,23,26). The van der Waals surface area contributed by atoms with Crippen molar-refractivity contribution in [3.63, 3.8) is 0 Å². The van der Waals surface area contributed by atoms with Crippen LogP contribution in [0.4, 0.5) is 0 Å². The maximum Gasteiger partial charge on any atom is 0.255 e. The van der Waals surface area contributed by atoms with Gasteiger partial charge in [-0.05, 0) is 30.3 Å². The molecule has 0 unspecified atom stereocenters. The predicted molar refractivity (Wildman–Crippen MR) is 113 cm³/mol. The van der Waals surface area contributed by atoms with Gasteiger partial charge < -0.3 is 14.8 Å². The Kier molecular flexibility index (Phi) is 6.16. The van der Waals surface area contributed by atoms with Gasteiger partial charge >= 0.3 is 0 Å². The van der Waals surface area contributed by atoms with Crippen molar-refractivity contribution in [2.75, 3.05) is 20.8 Å². The predicted octanol–water partition coefficient (Wildman–Crippen LogP) is 4.19. The molecule has 0 bridgehead atoms. The second kappa shape index (κ2) is 8.75. The highest BCUT2D eigenvalue weighted by molar-refractivity contribution is 9.11. The Hall–Kier alpha value is -3.06. The van der Waals surface area contributed by atoms with E-state index in [9.17, 15) is 4.79 Å². The number of para-hydroxylation sites is 1. The molecular formula is C21H20BrN3O3. The lowest BCUT2D eigenvalue weighted by Crippen LogP contribution is -2.24. The van der Waals surface area contributed by atoms with Crippen molar-refractivity contribution >= 4 is 21.8 Å². The van der Waals surface area contributed by atoms with E-state index in [4.69, 9.17) is 9.47 Å². The van der Waals surface area contributed by atoms with Crippen molar-refractivity contribution in [1.82, 2.24) is 15.1 Å². The van der Waals surface area contributed by atoms with Crippen molar-refractivity contribution < 1.29 is 14.3 Å². The molecule has 3 rings (SSSR count). The lowest BCUT2D eigenvalue weighted by atomic mass is 10.1. The Labute approximate surface area is 171 Å². The van der Waals surface area contributed by atoms with E-state index in [1.54, 1.807) is 43.3 Å². The monoisotopic (exact) mass is 441 g/mol. The van der Waals surface area contributed by atoms with Crippen molar-refractivity contribution in [3.8, 4) is 28.4 Å². The highest BCUT2D eigenvalue weighted by atomic mass is 79.9. The number of amides is 1. The number of aromatic nitrogens is 2. The van der Waals surface area contributed by atoms with Crippen LogP contribution < -0.4 is 14.8 Å². The van der Waals surface area contributed by atoms with Gasteiger partial charge in [0.25, 0.3) is 5.91 Å². The maximum atomic E-state index is 12.8. The third-order valence-corrected chi connectivity index (χ3v) is 4.36. The molecule has 0 saturated carbocycles. The van der Waals surface area contributed by atoms with Gasteiger partial charge in [0.05, 0.1) is 25.5 Å². The molecule has 6 nitrogen and oxygen atoms in total. The molecule has 0 aliphatic heterocycles. The minimum absolute atomic E-state index is 0.261. The van der Waals surface area contributed by atoms with E-state index in [1.165, 1.54) is 0 Å². The van der Waals surface area contributed by atoms with Crippen LogP contribution in [0.15, 0.2) is 65.8 Å². The quantitative estimate of drug-likeness (QED) is 0.596. The number of benzene rings is 2. The summed E-state index contributed by atoms with van der Waals surface area (Å²) in [6.07, 6.45) is 1.70. The molecule has 0 fully saturated rings. The number of nitrogens with one attached hydrogen (secondary N) is 1. The molecule has 0 saturated heterocycles. The van der Waals surface area contributed by atoms with E-state index in [1.807, 2.05) is 30.3 Å². The highest BCUT2D eigenvalue weighted by Gasteiger charge is 2.21. The number of hydrogen-bond acceptors (Lipinski definition) is 4. The largest absolute Gasteiger partial charge is 0.497 e. The number of carbonyl (C=O) groups excluding carboxylic acids is 1. The number of hydrogen-bond donors (Lipinski definition) is 1. The van der Waals surface area contributed by atoms with E-state index in [0.29, 0.717) is 39.3 Å². The fourth-order valence-corrected chi connectivity index (χ4v) is 2.86. The number of ether oxygens (including phenoxy) is 2. The number of rotatable bonds is 7. The highest BCUT2D eigenvalue weighted by Crippen LogP contribution is 2.35. The first-order chi connectivity index (χ1) is 13.5. The summed E-state index contributed by atoms with van der Waals surface area (Å²) in [7, 11) is 3.16. The smallest absolute Gasteiger partial charge is 0.255 e. The van der Waals surface area contributed by atoms with Crippen molar-refractivity contribution in [1.29, 1.82) is 0 Å². The zero-order valence-corrected chi connectivity index (χ0v) is 17.2. The summed E-state index contributed by atoms with van der Waals surface area (Å²) < 4.78 is 13.2. The van der Waals surface area contributed by atoms with Crippen LogP contribution in [0, 0.1) is 0 Å². The fraction of sp³-hybridized carbons (Fsp3) is 0.143. The van der Waals surface area contributed by atoms with Crippen molar-refractivity contribution in [3.05, 3.63) is 71.4 Å². The molecule has 1 aromatic heterocycles. The molecule has 28 heavy (non-hydrogen) atoms. The van der Waals surface area contributed by atoms with Crippen LogP contribution in [0.1, 0.15) is 10.4 Å². The van der Waals surface area contributed by atoms with E-state index in [2.05, 4.69) is 32.9 Å². The molecule has 1 amide bonds. The van der Waals surface area contributed by atoms with Gasteiger partial charge in [0.1, 0.15) is 17.2 Å². The number of carbonyl (C=O) groups is 1. The van der Waals surface area contributed by atoms with Crippen LogP contribution in [-0.4, -0.2) is 36.5 Å². The summed E-state index contributed by atoms with van der Waals surface area (Å²) >= 11 is 3.26. The summed E-state index contributed by atoms with van der Waals surface area (Å²) in [5.74, 6) is 0.978. The zero-order chi connectivity index (χ0) is 20.1. The fourth-order valence-electron chi connectivity index (χ4n) is 2.72. The second-order valence-corrected chi connectivity index (χ2v) is 7.06. The molecule has 0 atom stereocenters. The zero-order valence-electron chi connectivity index (χ0n) is 15.6. The van der Waals surface area contributed by atoms with Gasteiger partial charge in [-0.1, -0.05) is 40.7 Å². The van der Waals surface area contributed by atoms with Crippen LogP contribution in [0.25, 0.3) is 16.9 Å². The second-order valence-electron chi connectivity index (χ2n) is 5.94. The normalized spacial score (nSPS) is 10.4. The van der Waals surface area contributed by atoms with Gasteiger partial charge in [-0.2, -0.15) is 5.10 Å². The van der Waals surface area contributed by atoms with E-state index < -0.39 is 0 Å². The Balaban J connectivity index is 2.14. The lowest BCUT2D eigenvalue weighted by molar-refractivity contribution is 0.0958. The molecule has 144 valence electrons. The molecule has 1 N–H and O–H groups in total. The van der Waals surface area contributed by atoms with Crippen LogP contribution >= 0.6 is 15.9 Å². The van der Waals surface area contributed by atoms with E-state index in [-0.39, 0.29) is 5.91 Å². The van der Waals surface area contributed by atoms with Crippen LogP contribution in [0.2, 0.25) is 0 Å².